The third-order valence-corrected chi connectivity index (χ3v) is 7.44. The maximum absolute atomic E-state index is 13.5. The highest BCUT2D eigenvalue weighted by Gasteiger charge is 2.27. The predicted molar refractivity (Wildman–Crippen MR) is 128 cm³/mol. The van der Waals surface area contributed by atoms with E-state index in [1.165, 1.54) is 11.8 Å². The molecule has 0 saturated carbocycles. The first kappa shape index (κ1) is 22.9. The lowest BCUT2D eigenvalue weighted by Gasteiger charge is -2.24. The van der Waals surface area contributed by atoms with Gasteiger partial charge >= 0.3 is 0 Å². The van der Waals surface area contributed by atoms with Gasteiger partial charge < -0.3 is 5.32 Å². The number of sulfonamides is 1. The number of hydrogen-bond donors (Lipinski definition) is 1. The molecule has 1 N–H and O–H groups in total. The normalized spacial score (nSPS) is 11.2. The number of benzene rings is 3. The molecule has 1 amide bonds. The van der Waals surface area contributed by atoms with Gasteiger partial charge in [-0.15, -0.1) is 11.8 Å². The molecule has 0 aliphatic rings. The lowest BCUT2D eigenvalue weighted by atomic mass is 10.1. The van der Waals surface area contributed by atoms with Crippen LogP contribution in [0.25, 0.3) is 0 Å². The predicted octanol–water partition coefficient (Wildman–Crippen LogP) is 5.17. The number of nitrogens with one attached hydrogen (secondary N) is 1. The first-order valence-corrected chi connectivity index (χ1v) is 12.5. The molecule has 0 bridgehead atoms. The van der Waals surface area contributed by atoms with Crippen LogP contribution in [0.5, 0.6) is 0 Å². The van der Waals surface area contributed by atoms with Crippen molar-refractivity contribution >= 4 is 39.1 Å². The molecule has 0 aliphatic carbocycles. The summed E-state index contributed by atoms with van der Waals surface area (Å²) in [5.74, 6) is -0.406. The molecule has 3 rings (SSSR count). The topological polar surface area (TPSA) is 66.5 Å². The molecule has 3 aromatic rings. The van der Waals surface area contributed by atoms with Crippen molar-refractivity contribution in [2.24, 2.45) is 0 Å². The molecule has 0 aromatic heterocycles. The van der Waals surface area contributed by atoms with Gasteiger partial charge in [0.15, 0.2) is 0 Å². The number of nitrogens with zero attached hydrogens (tertiary/aromatic N) is 1. The van der Waals surface area contributed by atoms with E-state index in [9.17, 15) is 13.2 Å². The summed E-state index contributed by atoms with van der Waals surface area (Å²) in [6.45, 7) is 5.48. The molecule has 0 saturated heterocycles. The van der Waals surface area contributed by atoms with Crippen LogP contribution in [0.4, 0.5) is 11.4 Å². The summed E-state index contributed by atoms with van der Waals surface area (Å²) in [4.78, 5) is 14.0. The summed E-state index contributed by atoms with van der Waals surface area (Å²) in [6.07, 6.45) is 1.93. The Kier molecular flexibility index (Phi) is 7.08. The van der Waals surface area contributed by atoms with Crippen molar-refractivity contribution in [1.29, 1.82) is 0 Å². The molecule has 0 radical (unpaired) electrons. The van der Waals surface area contributed by atoms with Crippen LogP contribution in [0.3, 0.4) is 0 Å². The highest BCUT2D eigenvalue weighted by molar-refractivity contribution is 7.98. The zero-order valence-electron chi connectivity index (χ0n) is 18.0. The van der Waals surface area contributed by atoms with Crippen LogP contribution in [0.1, 0.15) is 16.7 Å². The fourth-order valence-corrected chi connectivity index (χ4v) is 5.00. The lowest BCUT2D eigenvalue weighted by Crippen LogP contribution is -2.38. The molecule has 0 fully saturated rings. The van der Waals surface area contributed by atoms with Gasteiger partial charge in [-0.2, -0.15) is 0 Å². The van der Waals surface area contributed by atoms with E-state index in [0.717, 1.165) is 25.9 Å². The number of anilines is 2. The van der Waals surface area contributed by atoms with Crippen LogP contribution in [-0.2, 0) is 14.8 Å². The molecule has 0 unspecified atom stereocenters. The summed E-state index contributed by atoms with van der Waals surface area (Å²) in [5, 5.41) is 2.84. The second kappa shape index (κ2) is 9.58. The second-order valence-electron chi connectivity index (χ2n) is 7.39. The minimum Gasteiger partial charge on any atom is -0.324 e. The molecule has 31 heavy (non-hydrogen) atoms. The van der Waals surface area contributed by atoms with Crippen LogP contribution >= 0.6 is 11.8 Å². The van der Waals surface area contributed by atoms with Gasteiger partial charge in [-0.05, 0) is 75.1 Å². The first-order chi connectivity index (χ1) is 14.7. The zero-order chi connectivity index (χ0) is 22.6. The van der Waals surface area contributed by atoms with E-state index >= 15 is 0 Å². The van der Waals surface area contributed by atoms with E-state index in [2.05, 4.69) is 5.32 Å². The average Bonchev–Trinajstić information content (AvgIpc) is 2.75. The van der Waals surface area contributed by atoms with Crippen molar-refractivity contribution in [3.05, 3.63) is 83.4 Å². The van der Waals surface area contributed by atoms with Gasteiger partial charge in [-0.3, -0.25) is 9.10 Å². The van der Waals surface area contributed by atoms with Gasteiger partial charge in [-0.1, -0.05) is 35.4 Å². The molecule has 5 nitrogen and oxygen atoms in total. The second-order valence-corrected chi connectivity index (χ2v) is 10.1. The Morgan fingerprint density at radius 2 is 1.52 bits per heavy atom. The number of rotatable bonds is 7. The van der Waals surface area contributed by atoms with Gasteiger partial charge in [0.1, 0.15) is 6.54 Å². The van der Waals surface area contributed by atoms with Gasteiger partial charge in [0, 0.05) is 10.6 Å². The average molecular weight is 455 g/mol. The quantitative estimate of drug-likeness (QED) is 0.500. The fourth-order valence-electron chi connectivity index (χ4n) is 3.18. The maximum Gasteiger partial charge on any atom is 0.264 e. The van der Waals surface area contributed by atoms with Crippen molar-refractivity contribution in [1.82, 2.24) is 0 Å². The highest BCUT2D eigenvalue weighted by Crippen LogP contribution is 2.26. The first-order valence-electron chi connectivity index (χ1n) is 9.81. The minimum atomic E-state index is -3.93. The number of thioether (sulfide) groups is 1. The van der Waals surface area contributed by atoms with Crippen molar-refractivity contribution in [3.63, 3.8) is 0 Å². The lowest BCUT2D eigenvalue weighted by molar-refractivity contribution is -0.114. The molecular formula is C24H26N2O3S2. The van der Waals surface area contributed by atoms with E-state index in [1.54, 1.807) is 36.4 Å². The van der Waals surface area contributed by atoms with E-state index in [4.69, 9.17) is 0 Å². The van der Waals surface area contributed by atoms with Crippen LogP contribution < -0.4 is 9.62 Å². The molecule has 162 valence electrons. The molecule has 3 aromatic carbocycles. The van der Waals surface area contributed by atoms with Gasteiger partial charge in [0.2, 0.25) is 5.91 Å². The summed E-state index contributed by atoms with van der Waals surface area (Å²) >= 11 is 1.54. The van der Waals surface area contributed by atoms with Crippen molar-refractivity contribution in [2.45, 2.75) is 30.6 Å². The van der Waals surface area contributed by atoms with Crippen LogP contribution in [0.2, 0.25) is 0 Å². The minimum absolute atomic E-state index is 0.144. The molecular weight excluding hydrogens is 428 g/mol. The Labute approximate surface area is 188 Å². The molecule has 0 aliphatic heterocycles. The monoisotopic (exact) mass is 454 g/mol. The van der Waals surface area contributed by atoms with E-state index < -0.39 is 15.9 Å². The fraction of sp³-hybridized carbons (Fsp3) is 0.208. The smallest absolute Gasteiger partial charge is 0.264 e. The van der Waals surface area contributed by atoms with Crippen LogP contribution in [-0.4, -0.2) is 27.1 Å². The molecule has 7 heteroatoms. The third-order valence-electron chi connectivity index (χ3n) is 4.91. The van der Waals surface area contributed by atoms with E-state index in [-0.39, 0.29) is 11.4 Å². The molecule has 0 heterocycles. The number of carbonyl (C=O) groups excluding carboxylic acids is 1. The Morgan fingerprint density at radius 1 is 0.903 bits per heavy atom. The number of hydrogen-bond acceptors (Lipinski definition) is 4. The van der Waals surface area contributed by atoms with Crippen molar-refractivity contribution in [2.75, 3.05) is 22.4 Å². The van der Waals surface area contributed by atoms with E-state index in [0.29, 0.717) is 11.4 Å². The maximum atomic E-state index is 13.5. The van der Waals surface area contributed by atoms with Crippen molar-refractivity contribution < 1.29 is 13.2 Å². The summed E-state index contributed by atoms with van der Waals surface area (Å²) < 4.78 is 28.1. The Hall–Kier alpha value is -2.77. The number of aryl methyl sites for hydroxylation is 3. The van der Waals surface area contributed by atoms with Crippen LogP contribution in [0.15, 0.2) is 76.5 Å². The van der Waals surface area contributed by atoms with Gasteiger partial charge in [-0.25, -0.2) is 8.42 Å². The van der Waals surface area contributed by atoms with Crippen molar-refractivity contribution in [3.8, 4) is 0 Å². The summed E-state index contributed by atoms with van der Waals surface area (Å²) in [6, 6.07) is 19.5. The summed E-state index contributed by atoms with van der Waals surface area (Å²) in [5.41, 5.74) is 4.13. The van der Waals surface area contributed by atoms with E-state index in [1.807, 2.05) is 57.4 Å². The highest BCUT2D eigenvalue weighted by atomic mass is 32.2. The zero-order valence-corrected chi connectivity index (χ0v) is 19.7. The third kappa shape index (κ3) is 5.48. The largest absolute Gasteiger partial charge is 0.324 e. The Balaban J connectivity index is 1.94. The summed E-state index contributed by atoms with van der Waals surface area (Å²) in [7, 11) is -3.93. The Morgan fingerprint density at radius 3 is 2.10 bits per heavy atom. The Bertz CT molecular complexity index is 1170. The van der Waals surface area contributed by atoms with Crippen LogP contribution in [0, 0.1) is 20.8 Å². The molecule has 0 spiro atoms. The molecule has 0 atom stereocenters. The SMILES string of the molecule is CSc1ccc(S(=O)(=O)N(CC(=O)Nc2ccc(C)cc2C)c2ccc(C)cc2)cc1. The van der Waals surface area contributed by atoms with Gasteiger partial charge in [0.05, 0.1) is 10.6 Å². The number of amides is 1. The van der Waals surface area contributed by atoms with Gasteiger partial charge in [0.25, 0.3) is 10.0 Å². The standard InChI is InChI=1S/C24H26N2O3S2/c1-17-5-8-20(9-6-17)26(31(28,29)22-12-10-21(30-4)11-13-22)16-24(27)25-23-14-7-18(2)15-19(23)3/h5-15H,16H2,1-4H3,(H,25,27). The number of carbonyl (C=O) groups is 1.